The van der Waals surface area contributed by atoms with Crippen molar-refractivity contribution < 1.29 is 24.2 Å². The number of hydrogen-bond acceptors (Lipinski definition) is 6. The number of rotatable bonds is 8. The first kappa shape index (κ1) is 31.7. The summed E-state index contributed by atoms with van der Waals surface area (Å²) in [6, 6.07) is 24.2. The van der Waals surface area contributed by atoms with Gasteiger partial charge in [-0.1, -0.05) is 78.9 Å². The number of hydrogen-bond donors (Lipinski definition) is 4. The number of H-pyrrole nitrogens is 2. The number of ether oxygens (including phenoxy) is 1. The molecule has 2 aliphatic heterocycles. The zero-order valence-corrected chi connectivity index (χ0v) is 27.0. The highest BCUT2D eigenvalue weighted by Gasteiger charge is 2.37. The smallest absolute Gasteiger partial charge is 0.407 e. The number of aromatic nitrogens is 4. The van der Waals surface area contributed by atoms with Gasteiger partial charge in [-0.2, -0.15) is 0 Å². The number of carbonyl (C=O) groups excluding carboxylic acids is 2. The number of amides is 3. The fraction of sp³-hybridized carbons (Fsp3) is 0.270. The fourth-order valence-corrected chi connectivity index (χ4v) is 6.86. The molecule has 3 atom stereocenters. The van der Waals surface area contributed by atoms with Crippen molar-refractivity contribution in [1.82, 2.24) is 35.1 Å². The number of aromatic amines is 2. The van der Waals surface area contributed by atoms with E-state index in [9.17, 15) is 19.5 Å². The number of methoxy groups -OCH3 is 1. The third kappa shape index (κ3) is 6.49. The molecule has 2 aliphatic rings. The van der Waals surface area contributed by atoms with Gasteiger partial charge in [0.2, 0.25) is 0 Å². The average molecular weight is 660 g/mol. The summed E-state index contributed by atoms with van der Waals surface area (Å²) in [5.74, 6) is 1.17. The van der Waals surface area contributed by atoms with Gasteiger partial charge in [0, 0.05) is 13.1 Å². The van der Waals surface area contributed by atoms with Gasteiger partial charge in [-0.25, -0.2) is 19.6 Å². The Labute approximate surface area is 283 Å². The summed E-state index contributed by atoms with van der Waals surface area (Å²) < 4.78 is 4.81. The normalized spacial score (nSPS) is 18.0. The van der Waals surface area contributed by atoms with Crippen molar-refractivity contribution in [2.75, 3.05) is 20.2 Å². The Kier molecular flexibility index (Phi) is 8.84. The standard InChI is InChI=1S/C37H37N7O5/c1-49-36(46)42-32(27-7-3-2-4-8-27)35(45)43-19-5-9-30(43)33-38-21-28(40-33)25-15-11-23(12-16-25)24-13-17-26(18-14-24)29-22-39-34(41-29)31-10-6-20-44(31)37(47)48/h2-4,7-8,11-18,21-22,30-32H,5-6,9-10,19-20H2,1H3,(H,38,40)(H,39,41)(H,42,46)(H,47,48)/t30?,31-,32-/m0/s1. The van der Waals surface area contributed by atoms with Gasteiger partial charge in [-0.3, -0.25) is 9.69 Å². The zero-order valence-electron chi connectivity index (χ0n) is 27.0. The maximum absolute atomic E-state index is 13.8. The molecule has 7 rings (SSSR count). The van der Waals surface area contributed by atoms with Crippen LogP contribution in [0.25, 0.3) is 33.6 Å². The van der Waals surface area contributed by atoms with E-state index in [0.717, 1.165) is 59.3 Å². The molecule has 3 aromatic carbocycles. The summed E-state index contributed by atoms with van der Waals surface area (Å²) in [4.78, 5) is 56.7. The summed E-state index contributed by atoms with van der Waals surface area (Å²) in [6.07, 6.45) is 5.14. The van der Waals surface area contributed by atoms with E-state index in [1.54, 1.807) is 17.3 Å². The van der Waals surface area contributed by atoms with Crippen LogP contribution in [0, 0.1) is 0 Å². The molecule has 12 heteroatoms. The van der Waals surface area contributed by atoms with Crippen LogP contribution in [0.2, 0.25) is 0 Å². The first-order valence-corrected chi connectivity index (χ1v) is 16.4. The molecule has 0 aliphatic carbocycles. The lowest BCUT2D eigenvalue weighted by Crippen LogP contribution is -2.42. The molecule has 2 saturated heterocycles. The number of benzene rings is 3. The van der Waals surface area contributed by atoms with Gasteiger partial charge >= 0.3 is 12.2 Å². The number of likely N-dealkylation sites (tertiary alicyclic amines) is 2. The van der Waals surface area contributed by atoms with Crippen LogP contribution in [0.4, 0.5) is 9.59 Å². The summed E-state index contributed by atoms with van der Waals surface area (Å²) in [5, 5.41) is 12.2. The van der Waals surface area contributed by atoms with Crippen molar-refractivity contribution in [3.05, 3.63) is 108 Å². The van der Waals surface area contributed by atoms with E-state index in [-0.39, 0.29) is 18.0 Å². The number of nitrogens with one attached hydrogen (secondary N) is 3. The zero-order chi connectivity index (χ0) is 33.9. The predicted octanol–water partition coefficient (Wildman–Crippen LogP) is 6.71. The Balaban J connectivity index is 1.03. The number of nitrogens with zero attached hydrogens (tertiary/aromatic N) is 4. The second-order valence-electron chi connectivity index (χ2n) is 12.3. The minimum absolute atomic E-state index is 0.209. The largest absolute Gasteiger partial charge is 0.465 e. The second-order valence-corrected chi connectivity index (χ2v) is 12.3. The molecule has 49 heavy (non-hydrogen) atoms. The van der Waals surface area contributed by atoms with E-state index in [1.165, 1.54) is 12.0 Å². The van der Waals surface area contributed by atoms with E-state index in [2.05, 4.69) is 49.5 Å². The summed E-state index contributed by atoms with van der Waals surface area (Å²) in [6.45, 7) is 1.09. The summed E-state index contributed by atoms with van der Waals surface area (Å²) >= 11 is 0. The molecule has 0 radical (unpaired) electrons. The maximum atomic E-state index is 13.8. The third-order valence-electron chi connectivity index (χ3n) is 9.41. The van der Waals surface area contributed by atoms with Crippen LogP contribution in [0.3, 0.4) is 0 Å². The lowest BCUT2D eigenvalue weighted by Gasteiger charge is -2.28. The van der Waals surface area contributed by atoms with Crippen LogP contribution in [0.1, 0.15) is 61.0 Å². The molecule has 0 saturated carbocycles. The molecule has 4 heterocycles. The van der Waals surface area contributed by atoms with E-state index < -0.39 is 18.2 Å². The molecular formula is C37H37N7O5. The molecule has 5 aromatic rings. The van der Waals surface area contributed by atoms with Crippen molar-refractivity contribution in [3.8, 4) is 33.6 Å². The number of carboxylic acid groups (broad SMARTS) is 1. The van der Waals surface area contributed by atoms with Gasteiger partial charge in [0.15, 0.2) is 0 Å². The van der Waals surface area contributed by atoms with Gasteiger partial charge < -0.3 is 30.0 Å². The van der Waals surface area contributed by atoms with Crippen molar-refractivity contribution in [1.29, 1.82) is 0 Å². The van der Waals surface area contributed by atoms with Gasteiger partial charge in [-0.05, 0) is 53.5 Å². The van der Waals surface area contributed by atoms with Gasteiger partial charge in [0.25, 0.3) is 5.91 Å². The number of alkyl carbamates (subject to hydrolysis) is 1. The number of imidazole rings is 2. The highest BCUT2D eigenvalue weighted by molar-refractivity contribution is 5.87. The molecule has 0 spiro atoms. The highest BCUT2D eigenvalue weighted by atomic mass is 16.5. The minimum atomic E-state index is -0.917. The van der Waals surface area contributed by atoms with Crippen LogP contribution < -0.4 is 5.32 Å². The molecule has 1 unspecified atom stereocenters. The molecule has 12 nitrogen and oxygen atoms in total. The minimum Gasteiger partial charge on any atom is -0.465 e. The quantitative estimate of drug-likeness (QED) is 0.144. The lowest BCUT2D eigenvalue weighted by molar-refractivity contribution is -0.134. The van der Waals surface area contributed by atoms with Crippen molar-refractivity contribution in [2.24, 2.45) is 0 Å². The summed E-state index contributed by atoms with van der Waals surface area (Å²) in [7, 11) is 1.28. The molecular weight excluding hydrogens is 622 g/mol. The Bertz CT molecular complexity index is 1940. The van der Waals surface area contributed by atoms with Crippen molar-refractivity contribution in [2.45, 2.75) is 43.8 Å². The van der Waals surface area contributed by atoms with Gasteiger partial charge in [0.05, 0.1) is 43.0 Å². The average Bonchev–Trinajstić information content (AvgIpc) is 3.97. The van der Waals surface area contributed by atoms with Crippen molar-refractivity contribution >= 4 is 18.1 Å². The second kappa shape index (κ2) is 13.7. The van der Waals surface area contributed by atoms with E-state index in [4.69, 9.17) is 4.74 Å². The Morgan fingerprint density at radius 2 is 1.24 bits per heavy atom. The van der Waals surface area contributed by atoms with Crippen molar-refractivity contribution in [3.63, 3.8) is 0 Å². The van der Waals surface area contributed by atoms with E-state index in [0.29, 0.717) is 30.3 Å². The van der Waals surface area contributed by atoms with E-state index >= 15 is 0 Å². The predicted molar refractivity (Wildman–Crippen MR) is 182 cm³/mol. The Morgan fingerprint density at radius 3 is 1.76 bits per heavy atom. The molecule has 250 valence electrons. The highest BCUT2D eigenvalue weighted by Crippen LogP contribution is 2.35. The van der Waals surface area contributed by atoms with Gasteiger partial charge in [0.1, 0.15) is 17.7 Å². The number of carbonyl (C=O) groups is 3. The fourth-order valence-electron chi connectivity index (χ4n) is 6.86. The molecule has 2 aromatic heterocycles. The Hall–Kier alpha value is -5.91. The first-order chi connectivity index (χ1) is 23.9. The van der Waals surface area contributed by atoms with Crippen LogP contribution in [-0.4, -0.2) is 73.1 Å². The Morgan fingerprint density at radius 1 is 0.755 bits per heavy atom. The monoisotopic (exact) mass is 659 g/mol. The van der Waals surface area contributed by atoms with Crippen LogP contribution >= 0.6 is 0 Å². The first-order valence-electron chi connectivity index (χ1n) is 16.4. The molecule has 4 N–H and O–H groups in total. The van der Waals surface area contributed by atoms with E-state index in [1.807, 2.05) is 54.6 Å². The topological polar surface area (TPSA) is 157 Å². The van der Waals surface area contributed by atoms with Crippen LogP contribution in [0.15, 0.2) is 91.3 Å². The third-order valence-corrected chi connectivity index (χ3v) is 9.41. The lowest BCUT2D eigenvalue weighted by atomic mass is 10.0. The molecule has 2 fully saturated rings. The van der Waals surface area contributed by atoms with Crippen LogP contribution in [-0.2, 0) is 9.53 Å². The molecule has 3 amide bonds. The summed E-state index contributed by atoms with van der Waals surface area (Å²) in [5.41, 5.74) is 6.44. The van der Waals surface area contributed by atoms with Gasteiger partial charge in [-0.15, -0.1) is 0 Å². The SMILES string of the molecule is COC(=O)N[C@H](C(=O)N1CCCC1c1ncc(-c2ccc(-c3ccc(-c4cnc([C@@H]5CCCN5C(=O)O)[nH]4)cc3)cc2)[nH]1)c1ccccc1. The van der Waals surface area contributed by atoms with Crippen LogP contribution in [0.5, 0.6) is 0 Å². The maximum Gasteiger partial charge on any atom is 0.407 e. The molecule has 0 bridgehead atoms.